The highest BCUT2D eigenvalue weighted by atomic mass is 32.3. The van der Waals surface area contributed by atoms with Crippen LogP contribution >= 0.6 is 11.1 Å². The van der Waals surface area contributed by atoms with Crippen molar-refractivity contribution in [3.05, 3.63) is 0 Å². The first-order valence-corrected chi connectivity index (χ1v) is 6.27. The molecule has 0 aliphatic carbocycles. The van der Waals surface area contributed by atoms with Crippen LogP contribution in [-0.4, -0.2) is 29.0 Å². The third kappa shape index (κ3) is 13.2. The van der Waals surface area contributed by atoms with Crippen LogP contribution in [0.1, 0.15) is 12.8 Å². The Morgan fingerprint density at radius 2 is 1.45 bits per heavy atom. The zero-order valence-electron chi connectivity index (χ0n) is 5.97. The molecule has 0 radical (unpaired) electrons. The predicted molar refractivity (Wildman–Crippen MR) is 46.3 cm³/mol. The molecule has 1 rings (SSSR count). The SMILES string of the molecule is N[SH]1CCCC1.O=S(=O)(O)O. The van der Waals surface area contributed by atoms with Crippen LogP contribution in [0.25, 0.3) is 0 Å². The molecule has 0 saturated carbocycles. The summed E-state index contributed by atoms with van der Waals surface area (Å²) >= 11 is 0.0350. The first-order valence-electron chi connectivity index (χ1n) is 3.09. The van der Waals surface area contributed by atoms with Gasteiger partial charge in [0.05, 0.1) is 0 Å². The van der Waals surface area contributed by atoms with Crippen molar-refractivity contribution in [3.8, 4) is 0 Å². The Kier molecular flexibility index (Phi) is 5.02. The van der Waals surface area contributed by atoms with E-state index in [1.807, 2.05) is 0 Å². The lowest BCUT2D eigenvalue weighted by atomic mass is 10.4. The molecular weight excluding hydrogens is 190 g/mol. The number of thiol groups is 1. The molecule has 70 valence electrons. The van der Waals surface area contributed by atoms with E-state index >= 15 is 0 Å². The van der Waals surface area contributed by atoms with Gasteiger partial charge in [0.1, 0.15) is 0 Å². The van der Waals surface area contributed by atoms with E-state index in [0.29, 0.717) is 0 Å². The molecule has 0 aromatic carbocycles. The molecule has 1 saturated heterocycles. The molecule has 1 aliphatic rings. The van der Waals surface area contributed by atoms with Crippen molar-refractivity contribution < 1.29 is 17.5 Å². The molecule has 1 heterocycles. The molecule has 11 heavy (non-hydrogen) atoms. The lowest BCUT2D eigenvalue weighted by Gasteiger charge is -2.00. The summed E-state index contributed by atoms with van der Waals surface area (Å²) in [5.41, 5.74) is 0. The minimum absolute atomic E-state index is 0.0350. The maximum atomic E-state index is 8.74. The summed E-state index contributed by atoms with van der Waals surface area (Å²) in [6.45, 7) is 0. The van der Waals surface area contributed by atoms with Crippen molar-refractivity contribution in [1.82, 2.24) is 0 Å². The fourth-order valence-electron chi connectivity index (χ4n) is 0.742. The molecule has 4 N–H and O–H groups in total. The van der Waals surface area contributed by atoms with Gasteiger partial charge in [0.2, 0.25) is 0 Å². The smallest absolute Gasteiger partial charge is 0.297 e. The summed E-state index contributed by atoms with van der Waals surface area (Å²) in [4.78, 5) is 0. The molecule has 0 unspecified atom stereocenters. The lowest BCUT2D eigenvalue weighted by molar-refractivity contribution is 0.381. The van der Waals surface area contributed by atoms with Crippen molar-refractivity contribution in [3.63, 3.8) is 0 Å². The second-order valence-electron chi connectivity index (χ2n) is 2.19. The highest BCUT2D eigenvalue weighted by Gasteiger charge is 2.03. The van der Waals surface area contributed by atoms with E-state index in [-0.39, 0.29) is 11.1 Å². The molecule has 5 nitrogen and oxygen atoms in total. The zero-order chi connectivity index (χ0) is 8.91. The largest absolute Gasteiger partial charge is 0.394 e. The van der Waals surface area contributed by atoms with E-state index in [0.717, 1.165) is 0 Å². The number of nitrogens with two attached hydrogens (primary N) is 1. The van der Waals surface area contributed by atoms with E-state index in [4.69, 9.17) is 22.7 Å². The highest BCUT2D eigenvalue weighted by Crippen LogP contribution is 2.25. The van der Waals surface area contributed by atoms with Crippen LogP contribution in [0.5, 0.6) is 0 Å². The van der Waals surface area contributed by atoms with Crippen molar-refractivity contribution in [2.45, 2.75) is 12.8 Å². The van der Waals surface area contributed by atoms with E-state index in [1.165, 1.54) is 24.3 Å². The number of hydrogen-bond acceptors (Lipinski definition) is 3. The van der Waals surface area contributed by atoms with Gasteiger partial charge in [0.15, 0.2) is 0 Å². The monoisotopic (exact) mass is 203 g/mol. The molecule has 1 fully saturated rings. The normalized spacial score (nSPS) is 20.8. The second kappa shape index (κ2) is 4.94. The Morgan fingerprint density at radius 3 is 1.55 bits per heavy atom. The zero-order valence-corrected chi connectivity index (χ0v) is 7.68. The maximum Gasteiger partial charge on any atom is 0.394 e. The minimum Gasteiger partial charge on any atom is -0.297 e. The molecule has 1 aliphatic heterocycles. The van der Waals surface area contributed by atoms with Gasteiger partial charge in [0, 0.05) is 0 Å². The van der Waals surface area contributed by atoms with Crippen LogP contribution in [0.4, 0.5) is 0 Å². The fourth-order valence-corrected chi connectivity index (χ4v) is 2.22. The van der Waals surface area contributed by atoms with E-state index in [9.17, 15) is 0 Å². The topological polar surface area (TPSA) is 101 Å². The van der Waals surface area contributed by atoms with Crippen LogP contribution in [0, 0.1) is 0 Å². The van der Waals surface area contributed by atoms with Crippen molar-refractivity contribution in [2.24, 2.45) is 5.14 Å². The lowest BCUT2D eigenvalue weighted by Crippen LogP contribution is -1.91. The van der Waals surface area contributed by atoms with Gasteiger partial charge in [-0.25, -0.2) is 11.1 Å². The van der Waals surface area contributed by atoms with Crippen LogP contribution in [0.15, 0.2) is 0 Å². The van der Waals surface area contributed by atoms with Gasteiger partial charge in [-0.1, -0.05) is 0 Å². The molecule has 0 spiro atoms. The fraction of sp³-hybridized carbons (Fsp3) is 1.00. The standard InChI is InChI=1S/C4H11NS.H2O4S/c5-6-3-1-2-4-6;1-5(2,3)4/h6H,1-5H2;(H2,1,2,3,4). The molecular formula is C4H13NO4S2. The van der Waals surface area contributed by atoms with Crippen molar-refractivity contribution >= 4 is 21.5 Å². The molecule has 0 atom stereocenters. The van der Waals surface area contributed by atoms with Crippen molar-refractivity contribution in [1.29, 1.82) is 0 Å². The van der Waals surface area contributed by atoms with E-state index in [2.05, 4.69) is 0 Å². The Labute approximate surface area is 69.0 Å². The Morgan fingerprint density at radius 1 is 1.18 bits per heavy atom. The van der Waals surface area contributed by atoms with Gasteiger partial charge in [-0.2, -0.15) is 8.42 Å². The summed E-state index contributed by atoms with van der Waals surface area (Å²) < 4.78 is 31.6. The minimum atomic E-state index is -4.67. The molecule has 0 bridgehead atoms. The Bertz CT molecular complexity index is 176. The summed E-state index contributed by atoms with van der Waals surface area (Å²) in [7, 11) is -4.67. The van der Waals surface area contributed by atoms with Gasteiger partial charge in [-0.15, -0.1) is 0 Å². The molecule has 0 aromatic heterocycles. The van der Waals surface area contributed by atoms with Crippen LogP contribution < -0.4 is 5.14 Å². The summed E-state index contributed by atoms with van der Waals surface area (Å²) in [5.74, 6) is 2.66. The summed E-state index contributed by atoms with van der Waals surface area (Å²) in [6, 6.07) is 0. The molecule has 0 amide bonds. The predicted octanol–water partition coefficient (Wildman–Crippen LogP) is 0.00230. The Balaban J connectivity index is 0.000000187. The third-order valence-corrected chi connectivity index (χ3v) is 2.92. The summed E-state index contributed by atoms with van der Waals surface area (Å²) in [6.07, 6.45) is 2.78. The number of rotatable bonds is 0. The second-order valence-corrected chi connectivity index (χ2v) is 5.16. The molecule has 0 aromatic rings. The average molecular weight is 203 g/mol. The van der Waals surface area contributed by atoms with Crippen LogP contribution in [0.3, 0.4) is 0 Å². The first kappa shape index (κ1) is 11.2. The van der Waals surface area contributed by atoms with Crippen LogP contribution in [0.2, 0.25) is 0 Å². The Hall–Kier alpha value is 0.180. The number of hydrogen-bond donors (Lipinski definition) is 4. The maximum absolute atomic E-state index is 8.74. The van der Waals surface area contributed by atoms with Gasteiger partial charge >= 0.3 is 10.4 Å². The van der Waals surface area contributed by atoms with Gasteiger partial charge < -0.3 is 0 Å². The van der Waals surface area contributed by atoms with Gasteiger partial charge in [0.25, 0.3) is 0 Å². The van der Waals surface area contributed by atoms with E-state index in [1.54, 1.807) is 0 Å². The quantitative estimate of drug-likeness (QED) is 0.328. The average Bonchev–Trinajstić information content (AvgIpc) is 2.12. The first-order chi connectivity index (χ1) is 4.89. The molecule has 7 heteroatoms. The summed E-state index contributed by atoms with van der Waals surface area (Å²) in [5, 5.41) is 5.60. The van der Waals surface area contributed by atoms with Gasteiger partial charge in [-0.05, 0) is 24.3 Å². The van der Waals surface area contributed by atoms with E-state index < -0.39 is 10.4 Å². The van der Waals surface area contributed by atoms with Gasteiger partial charge in [-0.3, -0.25) is 14.2 Å². The highest BCUT2D eigenvalue weighted by molar-refractivity contribution is 8.15. The van der Waals surface area contributed by atoms with Crippen LogP contribution in [-0.2, 0) is 10.4 Å². The third-order valence-electron chi connectivity index (χ3n) is 1.14. The van der Waals surface area contributed by atoms with Crippen molar-refractivity contribution in [2.75, 3.05) is 11.5 Å².